The first-order valence-electron chi connectivity index (χ1n) is 6.83. The highest BCUT2D eigenvalue weighted by Crippen LogP contribution is 2.30. The maximum atomic E-state index is 11.8. The summed E-state index contributed by atoms with van der Waals surface area (Å²) in [5.74, 6) is -0.682. The second kappa shape index (κ2) is 7.06. The molecule has 0 aromatic carbocycles. The number of amides is 1. The van der Waals surface area contributed by atoms with Gasteiger partial charge in [0.2, 0.25) is 0 Å². The third-order valence-corrected chi connectivity index (χ3v) is 3.44. The van der Waals surface area contributed by atoms with Gasteiger partial charge in [-0.15, -0.1) is 0 Å². The van der Waals surface area contributed by atoms with E-state index in [1.165, 1.54) is 0 Å². The van der Waals surface area contributed by atoms with Crippen molar-refractivity contribution in [2.24, 2.45) is 11.8 Å². The van der Waals surface area contributed by atoms with Gasteiger partial charge >= 0.3 is 6.09 Å². The Morgan fingerprint density at radius 1 is 1.35 bits per heavy atom. The zero-order chi connectivity index (χ0) is 15.3. The fraction of sp³-hybridized carbons (Fsp3) is 0.786. The number of hydrogen-bond acceptors (Lipinski definition) is 5. The summed E-state index contributed by atoms with van der Waals surface area (Å²) in [4.78, 5) is 11.8. The van der Waals surface area contributed by atoms with Crippen LogP contribution in [0.2, 0.25) is 0 Å². The van der Waals surface area contributed by atoms with E-state index in [0.717, 1.165) is 0 Å². The van der Waals surface area contributed by atoms with Crippen molar-refractivity contribution in [1.82, 2.24) is 5.32 Å². The third-order valence-electron chi connectivity index (χ3n) is 3.44. The van der Waals surface area contributed by atoms with Crippen LogP contribution in [0.5, 0.6) is 0 Å². The van der Waals surface area contributed by atoms with Crippen LogP contribution in [0.4, 0.5) is 4.79 Å². The molecule has 0 bridgehead atoms. The van der Waals surface area contributed by atoms with Crippen LogP contribution >= 0.6 is 0 Å². The van der Waals surface area contributed by atoms with Crippen LogP contribution in [0.15, 0.2) is 11.6 Å². The van der Waals surface area contributed by atoms with Crippen LogP contribution in [0, 0.1) is 11.8 Å². The Morgan fingerprint density at radius 3 is 2.45 bits per heavy atom. The van der Waals surface area contributed by atoms with Crippen LogP contribution in [-0.4, -0.2) is 52.9 Å². The van der Waals surface area contributed by atoms with E-state index in [9.17, 15) is 20.1 Å². The Hall–Kier alpha value is -1.11. The highest BCUT2D eigenvalue weighted by molar-refractivity contribution is 5.68. The average molecular weight is 287 g/mol. The van der Waals surface area contributed by atoms with E-state index >= 15 is 0 Å². The lowest BCUT2D eigenvalue weighted by Gasteiger charge is -2.36. The van der Waals surface area contributed by atoms with E-state index in [4.69, 9.17) is 4.74 Å². The molecule has 1 aliphatic carbocycles. The molecule has 0 aromatic heterocycles. The summed E-state index contributed by atoms with van der Waals surface area (Å²) in [6.45, 7) is 4.82. The maximum Gasteiger partial charge on any atom is 0.407 e. The van der Waals surface area contributed by atoms with Crippen LogP contribution in [0.1, 0.15) is 27.2 Å². The molecule has 0 heterocycles. The van der Waals surface area contributed by atoms with Gasteiger partial charge in [-0.2, -0.15) is 0 Å². The second-order valence-corrected chi connectivity index (χ2v) is 6.06. The van der Waals surface area contributed by atoms with Gasteiger partial charge in [0.25, 0.3) is 0 Å². The number of aliphatic hydroxyl groups excluding tert-OH is 3. The predicted octanol–water partition coefficient (Wildman–Crippen LogP) is 0.419. The molecule has 1 amide bonds. The molecule has 20 heavy (non-hydrogen) atoms. The predicted molar refractivity (Wildman–Crippen MR) is 74.1 cm³/mol. The molecular weight excluding hydrogens is 262 g/mol. The molecule has 0 unspecified atom stereocenters. The van der Waals surface area contributed by atoms with Crippen molar-refractivity contribution in [3.05, 3.63) is 11.6 Å². The number of alkyl carbamates (subject to hydrolysis) is 1. The minimum Gasteiger partial charge on any atom is -0.444 e. The summed E-state index contributed by atoms with van der Waals surface area (Å²) >= 11 is 0. The molecule has 0 radical (unpaired) electrons. The monoisotopic (exact) mass is 287 g/mol. The molecule has 0 fully saturated rings. The molecular formula is C14H25NO5. The number of aliphatic hydroxyl groups is 3. The number of carbonyl (C=O) groups is 1. The Kier molecular flexibility index (Phi) is 5.98. The van der Waals surface area contributed by atoms with Crippen molar-refractivity contribution in [3.8, 4) is 0 Å². The lowest BCUT2D eigenvalue weighted by Crippen LogP contribution is -2.49. The minimum atomic E-state index is -0.587. The van der Waals surface area contributed by atoms with Crippen molar-refractivity contribution < 1.29 is 24.9 Å². The second-order valence-electron chi connectivity index (χ2n) is 6.06. The fourth-order valence-corrected chi connectivity index (χ4v) is 2.47. The summed E-state index contributed by atoms with van der Waals surface area (Å²) in [6.07, 6.45) is 1.75. The Balaban J connectivity index is 2.75. The first-order valence-corrected chi connectivity index (χ1v) is 6.83. The zero-order valence-electron chi connectivity index (χ0n) is 12.3. The number of hydrogen-bond donors (Lipinski definition) is 4. The van der Waals surface area contributed by atoms with Crippen molar-refractivity contribution in [2.75, 3.05) is 19.8 Å². The standard InChI is InChI=1S/C14H25NO5/c1-14(2,3)20-13(19)15-12-5-4-9(6-16)10(7-17)11(12)8-18/h4,10-12,16-18H,5-8H2,1-3H3,(H,15,19)/t10-,11-,12+/m0/s1. The van der Waals surface area contributed by atoms with Gasteiger partial charge in [-0.05, 0) is 32.8 Å². The largest absolute Gasteiger partial charge is 0.444 e. The molecule has 4 N–H and O–H groups in total. The van der Waals surface area contributed by atoms with Gasteiger partial charge in [-0.25, -0.2) is 4.79 Å². The van der Waals surface area contributed by atoms with Crippen LogP contribution in [-0.2, 0) is 4.74 Å². The summed E-state index contributed by atoms with van der Waals surface area (Å²) in [6, 6.07) is -0.317. The molecule has 0 saturated heterocycles. The van der Waals surface area contributed by atoms with E-state index < -0.39 is 11.7 Å². The van der Waals surface area contributed by atoms with Gasteiger partial charge in [0, 0.05) is 24.5 Å². The third kappa shape index (κ3) is 4.47. The van der Waals surface area contributed by atoms with Gasteiger partial charge in [-0.1, -0.05) is 6.08 Å². The van der Waals surface area contributed by atoms with Gasteiger partial charge in [0.1, 0.15) is 5.60 Å². The van der Waals surface area contributed by atoms with Crippen molar-refractivity contribution in [2.45, 2.75) is 38.8 Å². The van der Waals surface area contributed by atoms with E-state index in [0.29, 0.717) is 12.0 Å². The van der Waals surface area contributed by atoms with Gasteiger partial charge in [0.05, 0.1) is 13.2 Å². The number of carbonyl (C=O) groups excluding carboxylic acids is 1. The SMILES string of the molecule is CC(C)(C)OC(=O)N[C@@H]1CC=C(CO)[C@H](CO)[C@@H]1CO. The molecule has 3 atom stereocenters. The smallest absolute Gasteiger partial charge is 0.407 e. The van der Waals surface area contributed by atoms with Gasteiger partial charge < -0.3 is 25.4 Å². The molecule has 116 valence electrons. The zero-order valence-corrected chi connectivity index (χ0v) is 12.3. The van der Waals surface area contributed by atoms with Gasteiger partial charge in [-0.3, -0.25) is 0 Å². The highest BCUT2D eigenvalue weighted by atomic mass is 16.6. The average Bonchev–Trinajstić information content (AvgIpc) is 2.35. The number of ether oxygens (including phenoxy) is 1. The highest BCUT2D eigenvalue weighted by Gasteiger charge is 2.35. The first-order chi connectivity index (χ1) is 9.32. The van der Waals surface area contributed by atoms with Crippen LogP contribution in [0.25, 0.3) is 0 Å². The van der Waals surface area contributed by atoms with E-state index in [1.807, 2.05) is 0 Å². The van der Waals surface area contributed by atoms with Crippen molar-refractivity contribution >= 4 is 6.09 Å². The summed E-state index contributed by atoms with van der Waals surface area (Å²) < 4.78 is 5.19. The van der Waals surface area contributed by atoms with Crippen LogP contribution < -0.4 is 5.32 Å². The van der Waals surface area contributed by atoms with Crippen molar-refractivity contribution in [1.29, 1.82) is 0 Å². The quantitative estimate of drug-likeness (QED) is 0.562. The van der Waals surface area contributed by atoms with Gasteiger partial charge in [0.15, 0.2) is 0 Å². The van der Waals surface area contributed by atoms with Crippen molar-refractivity contribution in [3.63, 3.8) is 0 Å². The topological polar surface area (TPSA) is 99.0 Å². The molecule has 0 aliphatic heterocycles. The Morgan fingerprint density at radius 2 is 2.00 bits per heavy atom. The lowest BCUT2D eigenvalue weighted by atomic mass is 9.76. The van der Waals surface area contributed by atoms with E-state index in [2.05, 4.69) is 5.32 Å². The maximum absolute atomic E-state index is 11.8. The molecule has 6 nitrogen and oxygen atoms in total. The molecule has 1 aliphatic rings. The minimum absolute atomic E-state index is 0.152. The molecule has 0 saturated carbocycles. The van der Waals surface area contributed by atoms with E-state index in [-0.39, 0.29) is 37.7 Å². The normalized spacial score (nSPS) is 26.9. The lowest BCUT2D eigenvalue weighted by molar-refractivity contribution is 0.0412. The Labute approximate surface area is 119 Å². The number of nitrogens with one attached hydrogen (secondary N) is 1. The fourth-order valence-electron chi connectivity index (χ4n) is 2.47. The molecule has 0 spiro atoms. The summed E-state index contributed by atoms with van der Waals surface area (Å²) in [7, 11) is 0. The Bertz CT molecular complexity index is 361. The summed E-state index contributed by atoms with van der Waals surface area (Å²) in [5.41, 5.74) is 0.115. The molecule has 0 aromatic rings. The first kappa shape index (κ1) is 16.9. The van der Waals surface area contributed by atoms with Crippen LogP contribution in [0.3, 0.4) is 0 Å². The molecule has 1 rings (SSSR count). The number of rotatable bonds is 4. The van der Waals surface area contributed by atoms with E-state index in [1.54, 1.807) is 26.8 Å². The summed E-state index contributed by atoms with van der Waals surface area (Å²) in [5, 5.41) is 30.9. The molecule has 6 heteroatoms.